The van der Waals surface area contributed by atoms with Gasteiger partial charge in [-0.3, -0.25) is 4.90 Å². The number of hydrogen-bond donors (Lipinski definition) is 1. The normalized spacial score (nSPS) is 21.1. The zero-order valence-electron chi connectivity index (χ0n) is 10.7. The van der Waals surface area contributed by atoms with Crippen molar-refractivity contribution in [3.05, 3.63) is 29.3 Å². The van der Waals surface area contributed by atoms with E-state index in [2.05, 4.69) is 17.0 Å². The monoisotopic (exact) mass is 241 g/mol. The summed E-state index contributed by atoms with van der Waals surface area (Å²) < 4.78 is 0. The molecule has 3 heteroatoms. The van der Waals surface area contributed by atoms with E-state index in [-0.39, 0.29) is 0 Å². The summed E-state index contributed by atoms with van der Waals surface area (Å²) in [5, 5.41) is 8.88. The van der Waals surface area contributed by atoms with Crippen LogP contribution in [0.1, 0.15) is 30.4 Å². The molecule has 1 fully saturated rings. The van der Waals surface area contributed by atoms with Crippen LogP contribution in [-0.4, -0.2) is 18.0 Å². The predicted octanol–water partition coefficient (Wildman–Crippen LogP) is 2.32. The summed E-state index contributed by atoms with van der Waals surface area (Å²) in [5.41, 5.74) is 9.96. The molecule has 0 spiro atoms. The van der Waals surface area contributed by atoms with E-state index in [0.717, 1.165) is 31.7 Å². The van der Waals surface area contributed by atoms with E-state index in [4.69, 9.17) is 11.0 Å². The number of anilines is 1. The Labute approximate surface area is 108 Å². The predicted molar refractivity (Wildman–Crippen MR) is 71.7 cm³/mol. The maximum absolute atomic E-state index is 8.88. The SMILES string of the molecule is N#CCC1(CN2CCc3c(N)cccc3C2)CC1. The second-order valence-electron chi connectivity index (χ2n) is 5.78. The molecule has 0 amide bonds. The maximum atomic E-state index is 8.88. The largest absolute Gasteiger partial charge is 0.398 e. The number of nitrogen functional groups attached to an aromatic ring is 1. The van der Waals surface area contributed by atoms with Gasteiger partial charge in [-0.1, -0.05) is 12.1 Å². The van der Waals surface area contributed by atoms with Crippen LogP contribution in [0.15, 0.2) is 18.2 Å². The Morgan fingerprint density at radius 2 is 2.22 bits per heavy atom. The van der Waals surface area contributed by atoms with Gasteiger partial charge in [0.2, 0.25) is 0 Å². The molecular weight excluding hydrogens is 222 g/mol. The Bertz CT molecular complexity index is 497. The summed E-state index contributed by atoms with van der Waals surface area (Å²) in [6.45, 7) is 3.15. The van der Waals surface area contributed by atoms with E-state index in [0.29, 0.717) is 11.8 Å². The van der Waals surface area contributed by atoms with Crippen LogP contribution >= 0.6 is 0 Å². The lowest BCUT2D eigenvalue weighted by atomic mass is 9.95. The summed E-state index contributed by atoms with van der Waals surface area (Å²) in [7, 11) is 0. The number of rotatable bonds is 3. The molecule has 18 heavy (non-hydrogen) atoms. The third-order valence-corrected chi connectivity index (χ3v) is 4.35. The van der Waals surface area contributed by atoms with Crippen molar-refractivity contribution in [1.29, 1.82) is 5.26 Å². The zero-order chi connectivity index (χ0) is 12.6. The van der Waals surface area contributed by atoms with Gasteiger partial charge in [-0.25, -0.2) is 0 Å². The van der Waals surface area contributed by atoms with Crippen molar-refractivity contribution in [3.63, 3.8) is 0 Å². The van der Waals surface area contributed by atoms with E-state index >= 15 is 0 Å². The lowest BCUT2D eigenvalue weighted by Gasteiger charge is -2.32. The minimum atomic E-state index is 0.312. The fourth-order valence-electron chi connectivity index (χ4n) is 3.04. The van der Waals surface area contributed by atoms with E-state index < -0.39 is 0 Å². The molecule has 0 bridgehead atoms. The summed E-state index contributed by atoms with van der Waals surface area (Å²) in [6.07, 6.45) is 4.21. The van der Waals surface area contributed by atoms with Gasteiger partial charge in [0.1, 0.15) is 0 Å². The number of hydrogen-bond acceptors (Lipinski definition) is 3. The Kier molecular flexibility index (Phi) is 2.76. The molecule has 2 N–H and O–H groups in total. The Morgan fingerprint density at radius 1 is 1.39 bits per heavy atom. The van der Waals surface area contributed by atoms with Crippen LogP contribution in [0.5, 0.6) is 0 Å². The highest BCUT2D eigenvalue weighted by Gasteiger charge is 2.43. The van der Waals surface area contributed by atoms with Gasteiger partial charge in [-0.15, -0.1) is 0 Å². The molecular formula is C15H19N3. The van der Waals surface area contributed by atoms with Crippen LogP contribution in [0, 0.1) is 16.7 Å². The lowest BCUT2D eigenvalue weighted by molar-refractivity contribution is 0.204. The topological polar surface area (TPSA) is 53.0 Å². The molecule has 0 radical (unpaired) electrons. The van der Waals surface area contributed by atoms with Crippen LogP contribution in [0.25, 0.3) is 0 Å². The Balaban J connectivity index is 1.70. The number of nitriles is 1. The molecule has 1 aromatic carbocycles. The first-order chi connectivity index (χ1) is 8.72. The number of fused-ring (bicyclic) bond motifs is 1. The summed E-state index contributed by atoms with van der Waals surface area (Å²) in [5.74, 6) is 0. The molecule has 1 heterocycles. The van der Waals surface area contributed by atoms with Gasteiger partial charge in [0, 0.05) is 31.7 Å². The van der Waals surface area contributed by atoms with Crippen molar-refractivity contribution < 1.29 is 0 Å². The number of nitrogens with zero attached hydrogens (tertiary/aromatic N) is 2. The van der Waals surface area contributed by atoms with Crippen LogP contribution in [0.3, 0.4) is 0 Å². The summed E-state index contributed by atoms with van der Waals surface area (Å²) >= 11 is 0. The van der Waals surface area contributed by atoms with E-state index in [9.17, 15) is 0 Å². The molecule has 0 saturated heterocycles. The first kappa shape index (κ1) is 11.6. The van der Waals surface area contributed by atoms with E-state index in [1.54, 1.807) is 0 Å². The molecule has 0 unspecified atom stereocenters. The van der Waals surface area contributed by atoms with Crippen LogP contribution in [0.4, 0.5) is 5.69 Å². The van der Waals surface area contributed by atoms with Crippen molar-refractivity contribution in [2.75, 3.05) is 18.8 Å². The third-order valence-electron chi connectivity index (χ3n) is 4.35. The molecule has 1 aliphatic carbocycles. The van der Waals surface area contributed by atoms with Crippen LogP contribution in [-0.2, 0) is 13.0 Å². The lowest BCUT2D eigenvalue weighted by Crippen LogP contribution is -2.35. The van der Waals surface area contributed by atoms with Crippen molar-refractivity contribution in [3.8, 4) is 6.07 Å². The first-order valence-corrected chi connectivity index (χ1v) is 6.68. The molecule has 3 rings (SSSR count). The van der Waals surface area contributed by atoms with Crippen LogP contribution in [0.2, 0.25) is 0 Å². The van der Waals surface area contributed by atoms with Crippen molar-refractivity contribution >= 4 is 5.69 Å². The minimum absolute atomic E-state index is 0.312. The van der Waals surface area contributed by atoms with Crippen LogP contribution < -0.4 is 5.73 Å². The molecule has 2 aliphatic rings. The summed E-state index contributed by atoms with van der Waals surface area (Å²) in [6, 6.07) is 8.56. The molecule has 3 nitrogen and oxygen atoms in total. The Hall–Kier alpha value is -1.53. The first-order valence-electron chi connectivity index (χ1n) is 6.68. The van der Waals surface area contributed by atoms with Crippen molar-refractivity contribution in [2.24, 2.45) is 5.41 Å². The second kappa shape index (κ2) is 4.29. The molecule has 1 aromatic rings. The Morgan fingerprint density at radius 3 is 2.94 bits per heavy atom. The molecule has 0 aromatic heterocycles. The fourth-order valence-corrected chi connectivity index (χ4v) is 3.04. The molecule has 94 valence electrons. The van der Waals surface area contributed by atoms with Gasteiger partial charge in [0.05, 0.1) is 6.07 Å². The highest BCUT2D eigenvalue weighted by Crippen LogP contribution is 2.49. The van der Waals surface area contributed by atoms with Gasteiger partial charge in [-0.05, 0) is 41.9 Å². The molecule has 0 atom stereocenters. The maximum Gasteiger partial charge on any atom is 0.0628 e. The third kappa shape index (κ3) is 2.09. The second-order valence-corrected chi connectivity index (χ2v) is 5.78. The standard InChI is InChI=1S/C15H19N3/c16-8-7-15(5-6-15)11-18-9-4-13-12(10-18)2-1-3-14(13)17/h1-3H,4-7,9-11,17H2. The smallest absolute Gasteiger partial charge is 0.0628 e. The average Bonchev–Trinajstić information content (AvgIpc) is 3.09. The van der Waals surface area contributed by atoms with Gasteiger partial charge in [-0.2, -0.15) is 5.26 Å². The molecule has 1 saturated carbocycles. The van der Waals surface area contributed by atoms with Gasteiger partial charge in [0.15, 0.2) is 0 Å². The highest BCUT2D eigenvalue weighted by molar-refractivity contribution is 5.51. The highest BCUT2D eigenvalue weighted by atomic mass is 15.1. The fraction of sp³-hybridized carbons (Fsp3) is 0.533. The van der Waals surface area contributed by atoms with E-state index in [1.165, 1.54) is 24.0 Å². The van der Waals surface area contributed by atoms with Crippen molar-refractivity contribution in [1.82, 2.24) is 4.90 Å². The summed E-state index contributed by atoms with van der Waals surface area (Å²) in [4.78, 5) is 2.49. The van der Waals surface area contributed by atoms with Gasteiger partial charge >= 0.3 is 0 Å². The quantitative estimate of drug-likeness (QED) is 0.826. The number of benzene rings is 1. The van der Waals surface area contributed by atoms with Gasteiger partial charge in [0.25, 0.3) is 0 Å². The zero-order valence-corrected chi connectivity index (χ0v) is 10.7. The average molecular weight is 241 g/mol. The van der Waals surface area contributed by atoms with Crippen molar-refractivity contribution in [2.45, 2.75) is 32.2 Å². The van der Waals surface area contributed by atoms with E-state index in [1.807, 2.05) is 12.1 Å². The number of nitrogens with two attached hydrogens (primary N) is 1. The molecule has 1 aliphatic heterocycles. The van der Waals surface area contributed by atoms with Gasteiger partial charge < -0.3 is 5.73 Å². The minimum Gasteiger partial charge on any atom is -0.398 e.